The molecule has 1 fully saturated rings. The molecule has 1 saturated carbocycles. The summed E-state index contributed by atoms with van der Waals surface area (Å²) in [5, 5.41) is 12.6. The zero-order valence-electron chi connectivity index (χ0n) is 9.89. The number of nitrogens with zero attached hydrogens (tertiary/aromatic N) is 2. The Morgan fingerprint density at radius 1 is 1.35 bits per heavy atom. The lowest BCUT2D eigenvalue weighted by atomic mass is 9.92. The van der Waals surface area contributed by atoms with Gasteiger partial charge >= 0.3 is 0 Å². The highest BCUT2D eigenvalue weighted by Gasteiger charge is 2.25. The van der Waals surface area contributed by atoms with E-state index in [1.165, 1.54) is 6.20 Å². The Labute approximate surface area is 100 Å². The van der Waals surface area contributed by atoms with Gasteiger partial charge in [-0.3, -0.25) is 9.78 Å². The third-order valence-corrected chi connectivity index (χ3v) is 3.06. The van der Waals surface area contributed by atoms with Gasteiger partial charge in [-0.2, -0.15) is 0 Å². The maximum absolute atomic E-state index is 11.8. The van der Waals surface area contributed by atoms with Crippen molar-refractivity contribution in [2.24, 2.45) is 0 Å². The van der Waals surface area contributed by atoms with Crippen LogP contribution in [0.5, 0.6) is 0 Å². The van der Waals surface area contributed by atoms with Crippen molar-refractivity contribution in [2.75, 3.05) is 0 Å². The molecule has 0 radical (unpaired) electrons. The summed E-state index contributed by atoms with van der Waals surface area (Å²) in [5.41, 5.74) is 1.08. The van der Waals surface area contributed by atoms with Gasteiger partial charge in [0.15, 0.2) is 0 Å². The van der Waals surface area contributed by atoms with Crippen LogP contribution in [0, 0.1) is 6.92 Å². The third-order valence-electron chi connectivity index (χ3n) is 3.06. The number of rotatable bonds is 2. The first-order valence-corrected chi connectivity index (χ1v) is 5.94. The maximum atomic E-state index is 11.8. The van der Waals surface area contributed by atoms with Gasteiger partial charge in [-0.05, 0) is 19.8 Å². The van der Waals surface area contributed by atoms with E-state index >= 15 is 0 Å². The van der Waals surface area contributed by atoms with E-state index in [1.54, 1.807) is 6.20 Å². The molecule has 1 heterocycles. The highest BCUT2D eigenvalue weighted by Crippen LogP contribution is 2.18. The number of hydrogen-bond donors (Lipinski definition) is 2. The van der Waals surface area contributed by atoms with Crippen LogP contribution < -0.4 is 5.32 Å². The molecule has 0 bridgehead atoms. The Kier molecular flexibility index (Phi) is 3.68. The molecule has 92 valence electrons. The molecule has 1 aromatic heterocycles. The van der Waals surface area contributed by atoms with Gasteiger partial charge in [-0.15, -0.1) is 0 Å². The summed E-state index contributed by atoms with van der Waals surface area (Å²) < 4.78 is 0. The van der Waals surface area contributed by atoms with Crippen LogP contribution in [0.3, 0.4) is 0 Å². The van der Waals surface area contributed by atoms with Crippen LogP contribution in [-0.2, 0) is 0 Å². The second kappa shape index (κ2) is 5.23. The van der Waals surface area contributed by atoms with E-state index in [0.29, 0.717) is 5.69 Å². The number of aliphatic hydroxyl groups excluding tert-OH is 1. The van der Waals surface area contributed by atoms with Crippen molar-refractivity contribution in [3.8, 4) is 0 Å². The fourth-order valence-electron chi connectivity index (χ4n) is 2.03. The molecular weight excluding hydrogens is 218 g/mol. The lowest BCUT2D eigenvalue weighted by molar-refractivity contribution is 0.0713. The molecule has 0 aliphatic heterocycles. The number of nitrogens with one attached hydrogen (secondary N) is 1. The fourth-order valence-corrected chi connectivity index (χ4v) is 2.03. The molecule has 1 aromatic rings. The molecule has 2 rings (SSSR count). The van der Waals surface area contributed by atoms with E-state index in [-0.39, 0.29) is 11.9 Å². The molecule has 2 N–H and O–H groups in total. The van der Waals surface area contributed by atoms with Crippen molar-refractivity contribution in [1.82, 2.24) is 15.3 Å². The highest BCUT2D eigenvalue weighted by molar-refractivity contribution is 5.92. The van der Waals surface area contributed by atoms with Crippen LogP contribution in [0.2, 0.25) is 0 Å². The molecule has 2 atom stereocenters. The highest BCUT2D eigenvalue weighted by atomic mass is 16.3. The normalized spacial score (nSPS) is 24.4. The maximum Gasteiger partial charge on any atom is 0.271 e. The zero-order valence-corrected chi connectivity index (χ0v) is 9.89. The fraction of sp³-hybridized carbons (Fsp3) is 0.583. The lowest BCUT2D eigenvalue weighted by Gasteiger charge is -2.28. The van der Waals surface area contributed by atoms with Crippen molar-refractivity contribution in [3.05, 3.63) is 23.8 Å². The van der Waals surface area contributed by atoms with E-state index in [0.717, 1.165) is 31.4 Å². The van der Waals surface area contributed by atoms with Crippen LogP contribution in [-0.4, -0.2) is 33.1 Å². The van der Waals surface area contributed by atoms with Gasteiger partial charge in [-0.25, -0.2) is 4.98 Å². The molecule has 1 aliphatic rings. The van der Waals surface area contributed by atoms with Gasteiger partial charge in [0.05, 0.1) is 24.0 Å². The summed E-state index contributed by atoms with van der Waals surface area (Å²) >= 11 is 0. The first-order chi connectivity index (χ1) is 8.16. The Bertz CT molecular complexity index is 391. The molecule has 0 saturated heterocycles. The van der Waals surface area contributed by atoms with E-state index in [4.69, 9.17) is 0 Å². The largest absolute Gasteiger partial charge is 0.391 e. The number of aromatic nitrogens is 2. The van der Waals surface area contributed by atoms with E-state index in [9.17, 15) is 9.90 Å². The Morgan fingerprint density at radius 3 is 2.76 bits per heavy atom. The molecule has 0 spiro atoms. The molecule has 17 heavy (non-hydrogen) atoms. The predicted molar refractivity (Wildman–Crippen MR) is 62.5 cm³/mol. The van der Waals surface area contributed by atoms with Crippen LogP contribution in [0.15, 0.2) is 12.4 Å². The van der Waals surface area contributed by atoms with Crippen molar-refractivity contribution >= 4 is 5.91 Å². The molecule has 0 aromatic carbocycles. The smallest absolute Gasteiger partial charge is 0.271 e. The molecule has 1 amide bonds. The second-order valence-corrected chi connectivity index (χ2v) is 4.47. The van der Waals surface area contributed by atoms with Crippen LogP contribution in [0.4, 0.5) is 0 Å². The monoisotopic (exact) mass is 235 g/mol. The summed E-state index contributed by atoms with van der Waals surface area (Å²) in [6.45, 7) is 1.82. The van der Waals surface area contributed by atoms with Crippen molar-refractivity contribution in [2.45, 2.75) is 44.8 Å². The Balaban J connectivity index is 1.98. The standard InChI is InChI=1S/C12H17N3O2/c1-8-6-14-10(7-13-8)12(17)15-9-4-2-3-5-11(9)16/h6-7,9,11,16H,2-5H2,1H3,(H,15,17). The van der Waals surface area contributed by atoms with E-state index < -0.39 is 6.10 Å². The number of hydrogen-bond acceptors (Lipinski definition) is 4. The summed E-state index contributed by atoms with van der Waals surface area (Å²) in [6.07, 6.45) is 6.23. The number of amides is 1. The van der Waals surface area contributed by atoms with Gasteiger partial charge in [-0.1, -0.05) is 12.8 Å². The zero-order chi connectivity index (χ0) is 12.3. The summed E-state index contributed by atoms with van der Waals surface area (Å²) in [4.78, 5) is 19.9. The van der Waals surface area contributed by atoms with E-state index in [2.05, 4.69) is 15.3 Å². The predicted octanol–water partition coefficient (Wildman–Crippen LogP) is 0.818. The third kappa shape index (κ3) is 3.00. The van der Waals surface area contributed by atoms with Gasteiger partial charge in [0.2, 0.25) is 0 Å². The number of aryl methyl sites for hydroxylation is 1. The number of aliphatic hydroxyl groups is 1. The minimum Gasteiger partial charge on any atom is -0.391 e. The molecule has 5 heteroatoms. The summed E-state index contributed by atoms with van der Waals surface area (Å²) in [5.74, 6) is -0.261. The minimum absolute atomic E-state index is 0.153. The van der Waals surface area contributed by atoms with Gasteiger partial charge in [0.1, 0.15) is 5.69 Å². The van der Waals surface area contributed by atoms with Crippen molar-refractivity contribution in [1.29, 1.82) is 0 Å². The van der Waals surface area contributed by atoms with E-state index in [1.807, 2.05) is 6.92 Å². The summed E-state index contributed by atoms with van der Waals surface area (Å²) in [6, 6.07) is -0.153. The number of carbonyl (C=O) groups excluding carboxylic acids is 1. The van der Waals surface area contributed by atoms with Crippen LogP contribution >= 0.6 is 0 Å². The van der Waals surface area contributed by atoms with Gasteiger partial charge in [0, 0.05) is 6.20 Å². The molecule has 5 nitrogen and oxygen atoms in total. The number of carbonyl (C=O) groups is 1. The first kappa shape index (κ1) is 12.0. The molecule has 1 aliphatic carbocycles. The van der Waals surface area contributed by atoms with Crippen molar-refractivity contribution in [3.63, 3.8) is 0 Å². The van der Waals surface area contributed by atoms with Gasteiger partial charge < -0.3 is 10.4 Å². The Hall–Kier alpha value is -1.49. The minimum atomic E-state index is -0.439. The average Bonchev–Trinajstić information content (AvgIpc) is 2.33. The molecular formula is C12H17N3O2. The second-order valence-electron chi connectivity index (χ2n) is 4.47. The molecule has 2 unspecified atom stereocenters. The van der Waals surface area contributed by atoms with Crippen molar-refractivity contribution < 1.29 is 9.90 Å². The van der Waals surface area contributed by atoms with Crippen LogP contribution in [0.1, 0.15) is 41.9 Å². The SMILES string of the molecule is Cc1cnc(C(=O)NC2CCCCC2O)cn1. The average molecular weight is 235 g/mol. The van der Waals surface area contributed by atoms with Gasteiger partial charge in [0.25, 0.3) is 5.91 Å². The van der Waals surface area contributed by atoms with Crippen LogP contribution in [0.25, 0.3) is 0 Å². The lowest BCUT2D eigenvalue weighted by Crippen LogP contribution is -2.45. The quantitative estimate of drug-likeness (QED) is 0.795. The topological polar surface area (TPSA) is 75.1 Å². The summed E-state index contributed by atoms with van der Waals surface area (Å²) in [7, 11) is 0. The first-order valence-electron chi connectivity index (χ1n) is 5.94. The Morgan fingerprint density at radius 2 is 2.12 bits per heavy atom.